The number of hydrogen-bond donors (Lipinski definition) is 1. The standard InChI is InChI=1S/C16H26O7/c1-19-16-15-11(2-3-14(18)21-9-22-16)12(17)8-13(15)23-10-4-6-20-7-5-10/h10-13,15-17H,2-9H2,1H3/t11-,12-,13+,15-,16+/m0/s1. The molecule has 1 N–H and O–H groups in total. The van der Waals surface area contributed by atoms with Gasteiger partial charge in [-0.3, -0.25) is 4.79 Å². The molecule has 0 unspecified atom stereocenters. The first-order valence-electron chi connectivity index (χ1n) is 8.40. The summed E-state index contributed by atoms with van der Waals surface area (Å²) in [5.74, 6) is -0.496. The van der Waals surface area contributed by atoms with Gasteiger partial charge in [-0.2, -0.15) is 0 Å². The summed E-state index contributed by atoms with van der Waals surface area (Å²) >= 11 is 0. The zero-order valence-electron chi connectivity index (χ0n) is 13.5. The molecular weight excluding hydrogens is 304 g/mol. The number of carbonyl (C=O) groups excluding carboxylic acids is 1. The predicted octanol–water partition coefficient (Wildman–Crippen LogP) is 0.831. The largest absolute Gasteiger partial charge is 0.438 e. The lowest BCUT2D eigenvalue weighted by molar-refractivity contribution is -0.226. The highest BCUT2D eigenvalue weighted by atomic mass is 16.8. The SMILES string of the molecule is CO[C@@H]1OCOC(=O)CC[C@@H]2[C@H]1[C@H](OC1CCOCC1)C[C@@H]2O. The lowest BCUT2D eigenvalue weighted by atomic mass is 9.88. The average molecular weight is 330 g/mol. The normalized spacial score (nSPS) is 39.9. The minimum Gasteiger partial charge on any atom is -0.438 e. The Bertz CT molecular complexity index is 396. The second kappa shape index (κ2) is 7.90. The Labute approximate surface area is 136 Å². The number of fused-ring (bicyclic) bond motifs is 1. The zero-order chi connectivity index (χ0) is 16.2. The van der Waals surface area contributed by atoms with E-state index in [1.54, 1.807) is 7.11 Å². The van der Waals surface area contributed by atoms with Gasteiger partial charge in [0.1, 0.15) is 0 Å². The molecule has 0 aromatic carbocycles. The van der Waals surface area contributed by atoms with Crippen LogP contribution in [0.3, 0.4) is 0 Å². The van der Waals surface area contributed by atoms with Gasteiger partial charge in [-0.25, -0.2) is 0 Å². The molecule has 7 nitrogen and oxygen atoms in total. The number of aliphatic hydroxyl groups is 1. The van der Waals surface area contributed by atoms with Crippen LogP contribution in [0, 0.1) is 11.8 Å². The Kier molecular flexibility index (Phi) is 5.87. The molecule has 1 saturated carbocycles. The molecule has 2 saturated heterocycles. The van der Waals surface area contributed by atoms with Crippen LogP contribution in [0.5, 0.6) is 0 Å². The van der Waals surface area contributed by atoms with Crippen molar-refractivity contribution in [2.75, 3.05) is 27.1 Å². The summed E-state index contributed by atoms with van der Waals surface area (Å²) in [7, 11) is 1.57. The molecule has 0 bridgehead atoms. The number of carbonyl (C=O) groups is 1. The second-order valence-corrected chi connectivity index (χ2v) is 6.47. The Morgan fingerprint density at radius 2 is 2.00 bits per heavy atom. The molecule has 1 aliphatic carbocycles. The number of aliphatic hydroxyl groups excluding tert-OH is 1. The molecule has 0 amide bonds. The molecule has 3 rings (SSSR count). The highest BCUT2D eigenvalue weighted by molar-refractivity contribution is 5.69. The van der Waals surface area contributed by atoms with Gasteiger partial charge in [0.05, 0.1) is 18.3 Å². The third-order valence-corrected chi connectivity index (χ3v) is 5.11. The van der Waals surface area contributed by atoms with Crippen LogP contribution in [0.2, 0.25) is 0 Å². The number of hydrogen-bond acceptors (Lipinski definition) is 7. The van der Waals surface area contributed by atoms with Gasteiger partial charge in [-0.05, 0) is 25.2 Å². The first-order chi connectivity index (χ1) is 11.2. The van der Waals surface area contributed by atoms with Gasteiger partial charge in [0.15, 0.2) is 13.1 Å². The van der Waals surface area contributed by atoms with Crippen LogP contribution in [0.4, 0.5) is 0 Å². The molecular formula is C16H26O7. The molecule has 23 heavy (non-hydrogen) atoms. The van der Waals surface area contributed by atoms with Gasteiger partial charge in [0, 0.05) is 39.1 Å². The molecule has 2 heterocycles. The zero-order valence-corrected chi connectivity index (χ0v) is 13.5. The highest BCUT2D eigenvalue weighted by Gasteiger charge is 2.49. The summed E-state index contributed by atoms with van der Waals surface area (Å²) < 4.78 is 27.7. The lowest BCUT2D eigenvalue weighted by Crippen LogP contribution is -2.40. The quantitative estimate of drug-likeness (QED) is 0.767. The molecule has 0 aromatic heterocycles. The van der Waals surface area contributed by atoms with Crippen LogP contribution in [-0.2, 0) is 28.5 Å². The fraction of sp³-hybridized carbons (Fsp3) is 0.938. The van der Waals surface area contributed by atoms with Crippen molar-refractivity contribution in [3.05, 3.63) is 0 Å². The van der Waals surface area contributed by atoms with Gasteiger partial charge in [0.25, 0.3) is 0 Å². The van der Waals surface area contributed by atoms with E-state index in [9.17, 15) is 9.90 Å². The molecule has 3 aliphatic rings. The molecule has 0 aromatic rings. The van der Waals surface area contributed by atoms with Crippen molar-refractivity contribution in [3.63, 3.8) is 0 Å². The summed E-state index contributed by atoms with van der Waals surface area (Å²) in [5.41, 5.74) is 0. The van der Waals surface area contributed by atoms with Gasteiger partial charge in [-0.1, -0.05) is 0 Å². The molecule has 0 radical (unpaired) electrons. The minimum atomic E-state index is -0.548. The van der Waals surface area contributed by atoms with Crippen molar-refractivity contribution in [1.82, 2.24) is 0 Å². The molecule has 3 fully saturated rings. The van der Waals surface area contributed by atoms with E-state index in [-0.39, 0.29) is 43.2 Å². The molecule has 2 aliphatic heterocycles. The topological polar surface area (TPSA) is 83.5 Å². The summed E-state index contributed by atoms with van der Waals surface area (Å²) in [5, 5.41) is 10.5. The maximum atomic E-state index is 11.6. The highest BCUT2D eigenvalue weighted by Crippen LogP contribution is 2.42. The molecule has 7 heteroatoms. The van der Waals surface area contributed by atoms with Crippen molar-refractivity contribution in [3.8, 4) is 0 Å². The third kappa shape index (κ3) is 4.03. The van der Waals surface area contributed by atoms with E-state index in [2.05, 4.69) is 0 Å². The van der Waals surface area contributed by atoms with E-state index in [1.165, 1.54) is 0 Å². The minimum absolute atomic E-state index is 0.0876. The summed E-state index contributed by atoms with van der Waals surface area (Å²) in [6, 6.07) is 0. The van der Waals surface area contributed by atoms with E-state index in [0.29, 0.717) is 26.1 Å². The van der Waals surface area contributed by atoms with Crippen LogP contribution in [-0.4, -0.2) is 62.8 Å². The fourth-order valence-corrected chi connectivity index (χ4v) is 3.93. The van der Waals surface area contributed by atoms with Crippen molar-refractivity contribution in [2.24, 2.45) is 11.8 Å². The third-order valence-electron chi connectivity index (χ3n) is 5.11. The Morgan fingerprint density at radius 3 is 2.74 bits per heavy atom. The van der Waals surface area contributed by atoms with Gasteiger partial charge in [-0.15, -0.1) is 0 Å². The van der Waals surface area contributed by atoms with Crippen LogP contribution in [0.15, 0.2) is 0 Å². The van der Waals surface area contributed by atoms with E-state index in [1.807, 2.05) is 0 Å². The van der Waals surface area contributed by atoms with E-state index < -0.39 is 12.4 Å². The average Bonchev–Trinajstić information content (AvgIpc) is 2.89. The van der Waals surface area contributed by atoms with Crippen molar-refractivity contribution in [1.29, 1.82) is 0 Å². The fourth-order valence-electron chi connectivity index (χ4n) is 3.93. The number of esters is 1. The first-order valence-corrected chi connectivity index (χ1v) is 8.40. The lowest BCUT2D eigenvalue weighted by Gasteiger charge is -2.33. The Balaban J connectivity index is 1.73. The summed E-state index contributed by atoms with van der Waals surface area (Å²) in [6.45, 7) is 1.29. The molecule has 0 spiro atoms. The number of rotatable bonds is 3. The Hall–Kier alpha value is -0.730. The van der Waals surface area contributed by atoms with Gasteiger partial charge >= 0.3 is 5.97 Å². The van der Waals surface area contributed by atoms with Crippen LogP contribution in [0.25, 0.3) is 0 Å². The van der Waals surface area contributed by atoms with E-state index >= 15 is 0 Å². The van der Waals surface area contributed by atoms with E-state index in [0.717, 1.165) is 12.8 Å². The van der Waals surface area contributed by atoms with Crippen molar-refractivity contribution >= 4 is 5.97 Å². The molecule has 5 atom stereocenters. The van der Waals surface area contributed by atoms with Crippen LogP contribution < -0.4 is 0 Å². The van der Waals surface area contributed by atoms with Crippen LogP contribution >= 0.6 is 0 Å². The van der Waals surface area contributed by atoms with Crippen molar-refractivity contribution in [2.45, 2.75) is 56.7 Å². The molecule has 132 valence electrons. The Morgan fingerprint density at radius 1 is 1.22 bits per heavy atom. The predicted molar refractivity (Wildman–Crippen MR) is 78.4 cm³/mol. The maximum absolute atomic E-state index is 11.6. The number of methoxy groups -OCH3 is 1. The maximum Gasteiger partial charge on any atom is 0.307 e. The number of ether oxygens (including phenoxy) is 5. The summed E-state index contributed by atoms with van der Waals surface area (Å²) in [6.07, 6.45) is 2.05. The van der Waals surface area contributed by atoms with Crippen molar-refractivity contribution < 1.29 is 33.6 Å². The monoisotopic (exact) mass is 330 g/mol. The first kappa shape index (κ1) is 17.1. The smallest absolute Gasteiger partial charge is 0.307 e. The van der Waals surface area contributed by atoms with Gasteiger partial charge in [0.2, 0.25) is 0 Å². The van der Waals surface area contributed by atoms with Crippen LogP contribution in [0.1, 0.15) is 32.1 Å². The van der Waals surface area contributed by atoms with Gasteiger partial charge < -0.3 is 28.8 Å². The summed E-state index contributed by atoms with van der Waals surface area (Å²) in [4.78, 5) is 11.6. The van der Waals surface area contributed by atoms with E-state index in [4.69, 9.17) is 23.7 Å². The number of cyclic esters (lactones) is 1. The second-order valence-electron chi connectivity index (χ2n) is 6.47.